The van der Waals surface area contributed by atoms with Crippen LogP contribution in [0.1, 0.15) is 57.6 Å². The summed E-state index contributed by atoms with van der Waals surface area (Å²) in [6.45, 7) is 5.46. The monoisotopic (exact) mass is 1570 g/mol. The Labute approximate surface area is 547 Å². The topological polar surface area (TPSA) is 265 Å². The minimum absolute atomic E-state index is 0.0489. The molecule has 37 heteroatoms. The Morgan fingerprint density at radius 2 is 1.29 bits per heavy atom. The van der Waals surface area contributed by atoms with Crippen LogP contribution in [-0.4, -0.2) is 113 Å². The molecule has 1 radical (unpaired) electrons. The van der Waals surface area contributed by atoms with Crippen molar-refractivity contribution in [1.82, 2.24) is 64.3 Å². The smallest absolute Gasteiger partial charge is 0.537 e. The maximum absolute atomic E-state index is 13.1. The van der Waals surface area contributed by atoms with Crippen LogP contribution in [0.15, 0.2) is 92.6 Å². The summed E-state index contributed by atoms with van der Waals surface area (Å²) < 4.78 is 96.3. The van der Waals surface area contributed by atoms with Gasteiger partial charge >= 0.3 is 32.1 Å². The Hall–Kier alpha value is -4.52. The first-order valence-corrected chi connectivity index (χ1v) is 28.8. The first-order chi connectivity index (χ1) is 39.8. The zero-order valence-electron chi connectivity index (χ0n) is 43.4. The SMILES string of the molecule is CC(C)(C)OC(=O)NC1CC(O)C1.Clc1ncc(Cl)c(-n2cnc(I)c2)n1.Clc1ncc(Cl)c(Cl)n1.Ic1cnc[nH]1.NC1CC(Oc2ncc(Cl)c(-n3cnc(-c4ccc(Cl)c(C(F)(F)F)c4)c3)n2)C1.O[B]Oc1ccc(Cl)c(C(F)(F)F)c1. The van der Waals surface area contributed by atoms with Gasteiger partial charge in [-0.3, -0.25) is 9.13 Å². The van der Waals surface area contributed by atoms with Gasteiger partial charge in [0.05, 0.1) is 72.8 Å². The molecule has 0 unspecified atom stereocenters. The van der Waals surface area contributed by atoms with Crippen molar-refractivity contribution >= 4 is 152 Å². The molecule has 10 rings (SSSR count). The summed E-state index contributed by atoms with van der Waals surface area (Å²) in [5.74, 6) is 0.690. The van der Waals surface area contributed by atoms with Gasteiger partial charge in [0.15, 0.2) is 16.8 Å². The molecule has 85 heavy (non-hydrogen) atoms. The summed E-state index contributed by atoms with van der Waals surface area (Å²) in [7, 11) is 0.295. The van der Waals surface area contributed by atoms with Gasteiger partial charge in [-0.2, -0.15) is 36.3 Å². The average Bonchev–Trinajstić information content (AvgIpc) is 3.88. The number of ether oxygens (including phenoxy) is 2. The number of aromatic amines is 1. The number of hydrogen-bond acceptors (Lipinski definition) is 16. The van der Waals surface area contributed by atoms with Crippen molar-refractivity contribution in [2.45, 2.75) is 88.7 Å². The number of hydrogen-bond donors (Lipinski definition) is 5. The van der Waals surface area contributed by atoms with Gasteiger partial charge in [-0.1, -0.05) is 75.7 Å². The van der Waals surface area contributed by atoms with E-state index in [-0.39, 0.29) is 67.4 Å². The summed E-state index contributed by atoms with van der Waals surface area (Å²) in [5.41, 5.74) is 3.91. The largest absolute Gasteiger partial charge is 0.569 e. The number of nitrogens with one attached hydrogen (secondary N) is 2. The molecule has 0 bridgehead atoms. The lowest BCUT2D eigenvalue weighted by atomic mass is 9.90. The summed E-state index contributed by atoms with van der Waals surface area (Å²) >= 11 is 49.3. The summed E-state index contributed by atoms with van der Waals surface area (Å²) in [6.07, 6.45) is 6.85. The zero-order chi connectivity index (χ0) is 63.0. The van der Waals surface area contributed by atoms with Crippen molar-refractivity contribution in [2.24, 2.45) is 5.73 Å². The second kappa shape index (κ2) is 32.6. The van der Waals surface area contributed by atoms with Gasteiger partial charge < -0.3 is 40.3 Å². The number of benzene rings is 2. The van der Waals surface area contributed by atoms with Crippen LogP contribution in [0.4, 0.5) is 31.1 Å². The second-order valence-corrected chi connectivity index (χ2v) is 23.4. The van der Waals surface area contributed by atoms with Gasteiger partial charge in [-0.15, -0.1) is 0 Å². The second-order valence-electron chi connectivity index (χ2n) is 18.1. The van der Waals surface area contributed by atoms with E-state index in [0.717, 1.165) is 19.5 Å². The van der Waals surface area contributed by atoms with E-state index in [2.05, 4.69) is 105 Å². The summed E-state index contributed by atoms with van der Waals surface area (Å²) in [6, 6.07) is 6.90. The number of alkyl carbamates (subject to hydrolysis) is 1. The van der Waals surface area contributed by atoms with Crippen molar-refractivity contribution in [1.29, 1.82) is 0 Å². The Balaban J connectivity index is 0.000000201. The van der Waals surface area contributed by atoms with E-state index in [1.54, 1.807) is 29.6 Å². The third kappa shape index (κ3) is 23.8. The van der Waals surface area contributed by atoms with Crippen LogP contribution in [-0.2, 0) is 17.1 Å². The van der Waals surface area contributed by atoms with Crippen molar-refractivity contribution in [3.63, 3.8) is 0 Å². The molecule has 1 amide bonds. The zero-order valence-corrected chi connectivity index (χ0v) is 53.8. The van der Waals surface area contributed by atoms with E-state index in [9.17, 15) is 31.1 Å². The maximum atomic E-state index is 13.1. The third-order valence-corrected chi connectivity index (χ3v) is 13.8. The van der Waals surface area contributed by atoms with Crippen LogP contribution in [0.25, 0.3) is 22.9 Å². The van der Waals surface area contributed by atoms with Gasteiger partial charge in [-0.25, -0.2) is 39.7 Å². The number of carbonyl (C=O) groups is 1. The number of rotatable bonds is 8. The number of halogens is 16. The van der Waals surface area contributed by atoms with Gasteiger partial charge in [-0.05, 0) is 145 Å². The van der Waals surface area contributed by atoms with Crippen LogP contribution in [0.5, 0.6) is 11.8 Å². The minimum atomic E-state index is -4.57. The Kier molecular flexibility index (Phi) is 27.4. The van der Waals surface area contributed by atoms with E-state index < -0.39 is 40.2 Å². The number of alkyl halides is 6. The predicted octanol–water partition coefficient (Wildman–Crippen LogP) is 13.8. The Bertz CT molecular complexity index is 3460. The average molecular weight is 1570 g/mol. The van der Waals surface area contributed by atoms with Crippen molar-refractivity contribution in [3.05, 3.63) is 152 Å². The molecule has 2 aliphatic rings. The number of nitrogens with zero attached hydrogens (tertiary/aromatic N) is 11. The molecule has 0 spiro atoms. The molecule has 2 fully saturated rings. The molecule has 2 saturated carbocycles. The van der Waals surface area contributed by atoms with E-state index in [1.165, 1.54) is 53.9 Å². The lowest BCUT2D eigenvalue weighted by molar-refractivity contribution is -0.138. The van der Waals surface area contributed by atoms with Crippen molar-refractivity contribution in [2.75, 3.05) is 0 Å². The molecule has 0 atom stereocenters. The van der Waals surface area contributed by atoms with Gasteiger partial charge in [0, 0.05) is 30.0 Å². The van der Waals surface area contributed by atoms with Crippen LogP contribution in [0.3, 0.4) is 0 Å². The van der Waals surface area contributed by atoms with Crippen LogP contribution in [0, 0.1) is 7.40 Å². The minimum Gasteiger partial charge on any atom is -0.537 e. The Morgan fingerprint density at radius 3 is 1.80 bits per heavy atom. The van der Waals surface area contributed by atoms with Gasteiger partial charge in [0.25, 0.3) is 0 Å². The molecular weight excluding hydrogens is 1530 g/mol. The predicted molar refractivity (Wildman–Crippen MR) is 325 cm³/mol. The molecule has 8 aromatic rings. The molecule has 6 aromatic heterocycles. The summed E-state index contributed by atoms with van der Waals surface area (Å²) in [4.78, 5) is 49.2. The standard InChI is InChI=1S/C18H14Cl2F3N5O.C9H17NO3.C7H4BClF3O2.C7H3Cl2IN4.C4HCl3N2.C3H3IN2/c19-13-2-1-9(3-12(13)18(21,22)23)15-7-28(8-26-15)16-14(20)6-25-17(27-16)29-11-4-10(24)5-11;1-9(2,3)13-8(12)10-6-4-7(11)5-6;9-6-2-1-4(14-8-13)3-5(6)7(10,11)12;8-4-1-11-7(9)13-6(4)14-2-5(10)12-3-14;5-2-1-8-4(7)9-3(2)6;4-3-1-5-2-6-3/h1-3,6-8,10-11H,4-5,24H2;6-7,11H,4-5H2,1-3H3,(H,10,12);1-3,13H;1-3H;1H;1-2H,(H,5,6). The van der Waals surface area contributed by atoms with E-state index in [0.29, 0.717) is 66.8 Å². The first kappa shape index (κ1) is 71.2. The van der Waals surface area contributed by atoms with Gasteiger partial charge in [0.2, 0.25) is 10.6 Å². The first-order valence-electron chi connectivity index (χ1n) is 23.7. The molecular formula is C48H42BCl8F6I2N14O6. The summed E-state index contributed by atoms with van der Waals surface area (Å²) in [5, 5.41) is 20.5. The molecule has 2 aromatic carbocycles. The maximum Gasteiger partial charge on any atom is 0.569 e. The van der Waals surface area contributed by atoms with Gasteiger partial charge in [0.1, 0.15) is 43.9 Å². The van der Waals surface area contributed by atoms with Crippen LogP contribution < -0.4 is 20.4 Å². The molecule has 455 valence electrons. The molecule has 6 N–H and O–H groups in total. The number of aliphatic hydroxyl groups is 1. The Morgan fingerprint density at radius 1 is 0.729 bits per heavy atom. The van der Waals surface area contributed by atoms with Crippen LogP contribution in [0.2, 0.25) is 40.8 Å². The molecule has 0 aliphatic heterocycles. The lowest BCUT2D eigenvalue weighted by Gasteiger charge is -2.32. The fraction of sp³-hybridized carbons (Fsp3) is 0.292. The van der Waals surface area contributed by atoms with Crippen LogP contribution >= 0.6 is 138 Å². The van der Waals surface area contributed by atoms with Crippen molar-refractivity contribution in [3.8, 4) is 34.7 Å². The molecule has 2 aliphatic carbocycles. The highest BCUT2D eigenvalue weighted by Crippen LogP contribution is 2.38. The number of aromatic nitrogens is 12. The fourth-order valence-electron chi connectivity index (χ4n) is 6.46. The molecule has 0 saturated heterocycles. The normalized spacial score (nSPS) is 16.0. The fourth-order valence-corrected chi connectivity index (χ4v) is 8.53. The molecule has 6 heterocycles. The van der Waals surface area contributed by atoms with E-state index in [1.807, 2.05) is 20.8 Å². The quantitative estimate of drug-likeness (QED) is 0.0311. The highest BCUT2D eigenvalue weighted by Gasteiger charge is 2.35. The number of nitrogens with two attached hydrogens (primary N) is 1. The number of amides is 1. The number of imidazole rings is 3. The lowest BCUT2D eigenvalue weighted by Crippen LogP contribution is -2.48. The molecule has 20 nitrogen and oxygen atoms in total. The number of H-pyrrole nitrogens is 1. The van der Waals surface area contributed by atoms with Crippen molar-refractivity contribution < 1.29 is 55.4 Å². The van der Waals surface area contributed by atoms with E-state index >= 15 is 0 Å². The number of carbonyl (C=O) groups excluding carboxylic acids is 1. The number of aliphatic hydroxyl groups excluding tert-OH is 1. The third-order valence-electron chi connectivity index (χ3n) is 10.4. The van der Waals surface area contributed by atoms with E-state index in [4.69, 9.17) is 118 Å². The highest BCUT2D eigenvalue weighted by molar-refractivity contribution is 14.1. The highest BCUT2D eigenvalue weighted by atomic mass is 127.